The van der Waals surface area contributed by atoms with Crippen LogP contribution in [0.3, 0.4) is 0 Å². The number of aromatic amines is 2. The van der Waals surface area contributed by atoms with Crippen LogP contribution >= 0.6 is 0 Å². The van der Waals surface area contributed by atoms with Gasteiger partial charge < -0.3 is 9.40 Å². The van der Waals surface area contributed by atoms with Crippen LogP contribution in [0.5, 0.6) is 0 Å². The molecule has 1 saturated heterocycles. The molecule has 0 radical (unpaired) electrons. The second-order valence-corrected chi connectivity index (χ2v) is 9.26. The van der Waals surface area contributed by atoms with Crippen molar-refractivity contribution in [2.75, 3.05) is 13.1 Å². The Morgan fingerprint density at radius 1 is 0.972 bits per heavy atom. The number of likely N-dealkylation sites (tertiary alicyclic amines) is 1. The normalized spacial score (nSPS) is 14.7. The Morgan fingerprint density at radius 2 is 1.92 bits per heavy atom. The number of H-pyrrole nitrogens is 2. The van der Waals surface area contributed by atoms with Gasteiger partial charge in [-0.1, -0.05) is 6.42 Å². The van der Waals surface area contributed by atoms with Crippen LogP contribution in [-0.4, -0.2) is 53.1 Å². The third kappa shape index (κ3) is 3.74. The number of piperidine rings is 1. The van der Waals surface area contributed by atoms with Crippen LogP contribution < -0.4 is 0 Å². The van der Waals surface area contributed by atoms with Crippen molar-refractivity contribution in [1.29, 1.82) is 0 Å². The largest absolute Gasteiger partial charge is 0.472 e. The summed E-state index contributed by atoms with van der Waals surface area (Å²) in [7, 11) is 0. The quantitative estimate of drug-likeness (QED) is 0.351. The number of hydrogen-bond donors (Lipinski definition) is 2. The average Bonchev–Trinajstić information content (AvgIpc) is 3.68. The number of hydrogen-bond acceptors (Lipinski definition) is 7. The molecule has 178 valence electrons. The summed E-state index contributed by atoms with van der Waals surface area (Å²) >= 11 is 0. The van der Waals surface area contributed by atoms with E-state index >= 15 is 0 Å². The topological polar surface area (TPSA) is 112 Å². The van der Waals surface area contributed by atoms with Crippen LogP contribution in [0.25, 0.3) is 56.0 Å². The van der Waals surface area contributed by atoms with E-state index in [0.717, 1.165) is 64.1 Å². The number of pyridine rings is 3. The second-order valence-electron chi connectivity index (χ2n) is 9.26. The molecule has 1 aliphatic heterocycles. The van der Waals surface area contributed by atoms with Crippen molar-refractivity contribution in [2.45, 2.75) is 25.8 Å². The summed E-state index contributed by atoms with van der Waals surface area (Å²) < 4.78 is 5.27. The summed E-state index contributed by atoms with van der Waals surface area (Å²) in [6.45, 7) is 3.23. The smallest absolute Gasteiger partial charge is 0.178 e. The van der Waals surface area contributed by atoms with Crippen molar-refractivity contribution in [1.82, 2.24) is 40.0 Å². The Kier molecular flexibility index (Phi) is 5.06. The van der Waals surface area contributed by atoms with Crippen LogP contribution in [0.15, 0.2) is 66.0 Å². The van der Waals surface area contributed by atoms with Crippen molar-refractivity contribution < 1.29 is 4.42 Å². The number of nitrogens with one attached hydrogen (secondary N) is 2. The van der Waals surface area contributed by atoms with E-state index in [-0.39, 0.29) is 0 Å². The first-order valence-corrected chi connectivity index (χ1v) is 12.2. The molecule has 6 aromatic rings. The maximum Gasteiger partial charge on any atom is 0.178 e. The van der Waals surface area contributed by atoms with E-state index in [1.54, 1.807) is 18.7 Å². The lowest BCUT2D eigenvalue weighted by Gasteiger charge is -2.26. The highest BCUT2D eigenvalue weighted by atomic mass is 16.3. The fourth-order valence-corrected chi connectivity index (χ4v) is 5.03. The molecule has 9 nitrogen and oxygen atoms in total. The minimum Gasteiger partial charge on any atom is -0.472 e. The van der Waals surface area contributed by atoms with Gasteiger partial charge in [-0.05, 0) is 55.8 Å². The van der Waals surface area contributed by atoms with Crippen molar-refractivity contribution in [3.63, 3.8) is 0 Å². The van der Waals surface area contributed by atoms with E-state index < -0.39 is 0 Å². The van der Waals surface area contributed by atoms with Gasteiger partial charge in [0.1, 0.15) is 5.69 Å². The third-order valence-electron chi connectivity index (χ3n) is 6.84. The highest BCUT2D eigenvalue weighted by Gasteiger charge is 2.17. The number of furan rings is 1. The Hall–Kier alpha value is -4.37. The summed E-state index contributed by atoms with van der Waals surface area (Å²) in [5, 5.41) is 8.58. The molecule has 36 heavy (non-hydrogen) atoms. The van der Waals surface area contributed by atoms with Gasteiger partial charge in [0, 0.05) is 47.2 Å². The van der Waals surface area contributed by atoms with E-state index in [0.29, 0.717) is 11.5 Å². The maximum absolute atomic E-state index is 5.27. The van der Waals surface area contributed by atoms with Crippen LogP contribution in [0.4, 0.5) is 0 Å². The first-order valence-electron chi connectivity index (χ1n) is 12.2. The van der Waals surface area contributed by atoms with Crippen molar-refractivity contribution in [3.8, 4) is 33.9 Å². The van der Waals surface area contributed by atoms with Crippen molar-refractivity contribution in [2.24, 2.45) is 0 Å². The molecule has 2 N–H and O–H groups in total. The molecular formula is C27H24N8O. The van der Waals surface area contributed by atoms with Crippen LogP contribution in [0.1, 0.15) is 24.8 Å². The Morgan fingerprint density at radius 3 is 2.81 bits per heavy atom. The summed E-state index contributed by atoms with van der Waals surface area (Å²) in [5.74, 6) is 0.647. The molecule has 1 aliphatic rings. The minimum atomic E-state index is 0.628. The second kappa shape index (κ2) is 8.69. The molecule has 7 heterocycles. The molecule has 0 bridgehead atoms. The highest BCUT2D eigenvalue weighted by Crippen LogP contribution is 2.32. The maximum atomic E-state index is 5.27. The summed E-state index contributed by atoms with van der Waals surface area (Å²) in [6.07, 6.45) is 14.6. The number of fused-ring (bicyclic) bond motifs is 2. The summed E-state index contributed by atoms with van der Waals surface area (Å²) in [4.78, 5) is 24.3. The van der Waals surface area contributed by atoms with E-state index in [1.807, 2.05) is 36.8 Å². The van der Waals surface area contributed by atoms with Gasteiger partial charge in [0.2, 0.25) is 0 Å². The van der Waals surface area contributed by atoms with Gasteiger partial charge in [-0.2, -0.15) is 5.10 Å². The summed E-state index contributed by atoms with van der Waals surface area (Å²) in [6, 6.07) is 8.11. The molecule has 0 amide bonds. The van der Waals surface area contributed by atoms with Crippen molar-refractivity contribution in [3.05, 3.63) is 67.1 Å². The molecule has 7 rings (SSSR count). The standard InChI is InChI=1S/C27H24N8O/c1-2-7-35(8-3-1)15-17-10-19(13-28-12-17)22-11-21-23(14-30-22)33-34-25(21)27-31-24-20(18-5-9-36-16-18)4-6-29-26(24)32-27/h4-6,9-14,16H,1-3,7-8,15H2,(H,33,34)(H,29,31,32). The number of aromatic nitrogens is 7. The van der Waals surface area contributed by atoms with E-state index in [1.165, 1.54) is 24.8 Å². The van der Waals surface area contributed by atoms with Gasteiger partial charge in [-0.15, -0.1) is 0 Å². The SMILES string of the molecule is c1cc(-c2ccoc2)c2[nH]c(-c3n[nH]c4cnc(-c5cncc(CN6CCCCC6)c5)cc34)nc2n1. The van der Waals surface area contributed by atoms with Crippen molar-refractivity contribution >= 4 is 22.1 Å². The van der Waals surface area contributed by atoms with Gasteiger partial charge in [0.05, 0.1) is 35.5 Å². The van der Waals surface area contributed by atoms with Crippen LogP contribution in [-0.2, 0) is 6.54 Å². The first kappa shape index (κ1) is 21.0. The number of imidazole rings is 1. The lowest BCUT2D eigenvalue weighted by Crippen LogP contribution is -2.29. The number of rotatable bonds is 5. The molecule has 0 unspecified atom stereocenters. The van der Waals surface area contributed by atoms with Gasteiger partial charge in [-0.3, -0.25) is 20.0 Å². The molecule has 0 saturated carbocycles. The Balaban J connectivity index is 1.26. The highest BCUT2D eigenvalue weighted by molar-refractivity contribution is 5.96. The lowest BCUT2D eigenvalue weighted by molar-refractivity contribution is 0.220. The third-order valence-corrected chi connectivity index (χ3v) is 6.84. The average molecular weight is 477 g/mol. The molecule has 0 aromatic carbocycles. The molecule has 0 spiro atoms. The molecule has 0 aliphatic carbocycles. The predicted molar refractivity (Wildman–Crippen MR) is 137 cm³/mol. The van der Waals surface area contributed by atoms with Gasteiger partial charge in [0.25, 0.3) is 0 Å². The zero-order valence-electron chi connectivity index (χ0n) is 19.6. The van der Waals surface area contributed by atoms with E-state index in [9.17, 15) is 0 Å². The molecular weight excluding hydrogens is 452 g/mol. The van der Waals surface area contributed by atoms with Gasteiger partial charge >= 0.3 is 0 Å². The molecule has 6 aromatic heterocycles. The Bertz CT molecular complexity index is 1660. The predicted octanol–water partition coefficient (Wildman–Crippen LogP) is 5.20. The molecule has 1 fully saturated rings. The number of nitrogens with zero attached hydrogens (tertiary/aromatic N) is 6. The van der Waals surface area contributed by atoms with Crippen LogP contribution in [0, 0.1) is 0 Å². The minimum absolute atomic E-state index is 0.628. The molecule has 9 heteroatoms. The monoisotopic (exact) mass is 476 g/mol. The lowest BCUT2D eigenvalue weighted by atomic mass is 10.1. The zero-order chi connectivity index (χ0) is 23.9. The first-order chi connectivity index (χ1) is 17.8. The molecule has 0 atom stereocenters. The van der Waals surface area contributed by atoms with Gasteiger partial charge in [-0.25, -0.2) is 9.97 Å². The van der Waals surface area contributed by atoms with Crippen LogP contribution in [0.2, 0.25) is 0 Å². The fraction of sp³-hybridized carbons (Fsp3) is 0.222. The van der Waals surface area contributed by atoms with E-state index in [2.05, 4.69) is 41.1 Å². The Labute approximate surface area is 206 Å². The van der Waals surface area contributed by atoms with E-state index in [4.69, 9.17) is 9.40 Å². The fourth-order valence-electron chi connectivity index (χ4n) is 5.03. The van der Waals surface area contributed by atoms with Gasteiger partial charge in [0.15, 0.2) is 11.5 Å². The summed E-state index contributed by atoms with van der Waals surface area (Å²) in [5.41, 5.74) is 8.03. The zero-order valence-corrected chi connectivity index (χ0v) is 19.6.